The van der Waals surface area contributed by atoms with Crippen LogP contribution in [-0.4, -0.2) is 25.2 Å². The number of hydrogen-bond acceptors (Lipinski definition) is 3. The molecule has 1 aliphatic heterocycles. The Morgan fingerprint density at radius 3 is 2.48 bits per heavy atom. The maximum atomic E-state index is 12.1. The molecular weight excluding hydrogens is 264 g/mol. The SMILES string of the molecule is CC(C)c1ccc(CNC(=O)C(N)C2CCOCC2)cc1. The summed E-state index contributed by atoms with van der Waals surface area (Å²) in [6, 6.07) is 7.93. The van der Waals surface area contributed by atoms with Crippen LogP contribution in [0.3, 0.4) is 0 Å². The second-order valence-corrected chi connectivity index (χ2v) is 6.09. The van der Waals surface area contributed by atoms with Gasteiger partial charge >= 0.3 is 0 Å². The van der Waals surface area contributed by atoms with Gasteiger partial charge in [-0.1, -0.05) is 38.1 Å². The highest BCUT2D eigenvalue weighted by Crippen LogP contribution is 2.18. The third-order valence-electron chi connectivity index (χ3n) is 4.19. The Hall–Kier alpha value is -1.39. The van der Waals surface area contributed by atoms with Crippen molar-refractivity contribution in [2.75, 3.05) is 13.2 Å². The third-order valence-corrected chi connectivity index (χ3v) is 4.19. The first-order valence-corrected chi connectivity index (χ1v) is 7.78. The Balaban J connectivity index is 1.82. The van der Waals surface area contributed by atoms with Crippen molar-refractivity contribution in [2.45, 2.75) is 45.2 Å². The second-order valence-electron chi connectivity index (χ2n) is 6.09. The number of amides is 1. The number of benzene rings is 1. The summed E-state index contributed by atoms with van der Waals surface area (Å²) in [6.45, 7) is 6.30. The van der Waals surface area contributed by atoms with Crippen molar-refractivity contribution in [3.8, 4) is 0 Å². The van der Waals surface area contributed by atoms with E-state index in [1.54, 1.807) is 0 Å². The number of nitrogens with one attached hydrogen (secondary N) is 1. The van der Waals surface area contributed by atoms with Crippen molar-refractivity contribution in [1.29, 1.82) is 0 Å². The molecule has 0 radical (unpaired) electrons. The van der Waals surface area contributed by atoms with E-state index in [2.05, 4.69) is 43.4 Å². The first-order valence-electron chi connectivity index (χ1n) is 7.78. The lowest BCUT2D eigenvalue weighted by Crippen LogP contribution is -2.46. The number of nitrogens with two attached hydrogens (primary N) is 1. The molecule has 21 heavy (non-hydrogen) atoms. The van der Waals surface area contributed by atoms with Gasteiger partial charge in [0.05, 0.1) is 6.04 Å². The molecule has 116 valence electrons. The van der Waals surface area contributed by atoms with Gasteiger partial charge in [-0.15, -0.1) is 0 Å². The Morgan fingerprint density at radius 2 is 1.90 bits per heavy atom. The van der Waals surface area contributed by atoms with Gasteiger partial charge in [-0.2, -0.15) is 0 Å². The average molecular weight is 290 g/mol. The fourth-order valence-electron chi connectivity index (χ4n) is 2.62. The first-order chi connectivity index (χ1) is 10.1. The van der Waals surface area contributed by atoms with Gasteiger partial charge in [-0.05, 0) is 35.8 Å². The van der Waals surface area contributed by atoms with Crippen molar-refractivity contribution < 1.29 is 9.53 Å². The normalized spacial score (nSPS) is 17.7. The van der Waals surface area contributed by atoms with Crippen LogP contribution in [-0.2, 0) is 16.1 Å². The van der Waals surface area contributed by atoms with Crippen molar-refractivity contribution >= 4 is 5.91 Å². The minimum Gasteiger partial charge on any atom is -0.381 e. The zero-order valence-electron chi connectivity index (χ0n) is 13.0. The number of carbonyl (C=O) groups is 1. The molecule has 1 fully saturated rings. The molecule has 0 spiro atoms. The van der Waals surface area contributed by atoms with Crippen molar-refractivity contribution in [2.24, 2.45) is 11.7 Å². The number of ether oxygens (including phenoxy) is 1. The molecule has 0 bridgehead atoms. The molecule has 1 aliphatic rings. The molecule has 1 heterocycles. The van der Waals surface area contributed by atoms with Gasteiger partial charge in [0.2, 0.25) is 5.91 Å². The van der Waals surface area contributed by atoms with E-state index in [1.165, 1.54) is 5.56 Å². The summed E-state index contributed by atoms with van der Waals surface area (Å²) in [7, 11) is 0. The van der Waals surface area contributed by atoms with Gasteiger partial charge in [0.25, 0.3) is 0 Å². The van der Waals surface area contributed by atoms with E-state index in [-0.39, 0.29) is 11.8 Å². The summed E-state index contributed by atoms with van der Waals surface area (Å²) >= 11 is 0. The van der Waals surface area contributed by atoms with E-state index in [4.69, 9.17) is 10.5 Å². The zero-order valence-corrected chi connectivity index (χ0v) is 13.0. The van der Waals surface area contributed by atoms with E-state index >= 15 is 0 Å². The number of rotatable bonds is 5. The highest BCUT2D eigenvalue weighted by Gasteiger charge is 2.26. The monoisotopic (exact) mass is 290 g/mol. The van der Waals surface area contributed by atoms with Crippen LogP contribution in [0.5, 0.6) is 0 Å². The van der Waals surface area contributed by atoms with E-state index in [0.717, 1.165) is 18.4 Å². The number of hydrogen-bond donors (Lipinski definition) is 2. The fourth-order valence-corrected chi connectivity index (χ4v) is 2.62. The van der Waals surface area contributed by atoms with Gasteiger partial charge < -0.3 is 15.8 Å². The highest BCUT2D eigenvalue weighted by atomic mass is 16.5. The molecule has 1 atom stereocenters. The third kappa shape index (κ3) is 4.55. The molecule has 3 N–H and O–H groups in total. The average Bonchev–Trinajstić information content (AvgIpc) is 2.53. The van der Waals surface area contributed by atoms with Crippen LogP contribution in [0.4, 0.5) is 0 Å². The molecule has 2 rings (SSSR count). The van der Waals surface area contributed by atoms with Crippen LogP contribution in [0.25, 0.3) is 0 Å². The van der Waals surface area contributed by atoms with E-state index in [1.807, 2.05) is 0 Å². The van der Waals surface area contributed by atoms with Crippen LogP contribution in [0.1, 0.15) is 43.7 Å². The standard InChI is InChI=1S/C17H26N2O2/c1-12(2)14-5-3-13(4-6-14)11-19-17(20)16(18)15-7-9-21-10-8-15/h3-6,12,15-16H,7-11,18H2,1-2H3,(H,19,20). The lowest BCUT2D eigenvalue weighted by Gasteiger charge is -2.26. The summed E-state index contributed by atoms with van der Waals surface area (Å²) in [4.78, 5) is 12.1. The largest absolute Gasteiger partial charge is 0.381 e. The predicted molar refractivity (Wildman–Crippen MR) is 83.9 cm³/mol. The topological polar surface area (TPSA) is 64.4 Å². The molecular formula is C17H26N2O2. The summed E-state index contributed by atoms with van der Waals surface area (Å²) in [5.74, 6) is 0.701. The lowest BCUT2D eigenvalue weighted by atomic mass is 9.92. The quantitative estimate of drug-likeness (QED) is 0.873. The second kappa shape index (κ2) is 7.57. The molecule has 1 saturated heterocycles. The maximum Gasteiger partial charge on any atom is 0.237 e. The Labute approximate surface area is 127 Å². The molecule has 0 saturated carbocycles. The number of carbonyl (C=O) groups excluding carboxylic acids is 1. The van der Waals surface area contributed by atoms with Crippen LogP contribution in [0.15, 0.2) is 24.3 Å². The van der Waals surface area contributed by atoms with E-state index in [0.29, 0.717) is 25.7 Å². The summed E-state index contributed by atoms with van der Waals surface area (Å²) in [5.41, 5.74) is 8.47. The van der Waals surface area contributed by atoms with Gasteiger partial charge in [-0.3, -0.25) is 4.79 Å². The minimum atomic E-state index is -0.427. The fraction of sp³-hybridized carbons (Fsp3) is 0.588. The molecule has 1 aromatic rings. The van der Waals surface area contributed by atoms with E-state index < -0.39 is 6.04 Å². The first kappa shape index (κ1) is 16.0. The van der Waals surface area contributed by atoms with Crippen molar-refractivity contribution in [3.05, 3.63) is 35.4 Å². The van der Waals surface area contributed by atoms with Gasteiger partial charge in [0.1, 0.15) is 0 Å². The van der Waals surface area contributed by atoms with Crippen molar-refractivity contribution in [1.82, 2.24) is 5.32 Å². The Bertz CT molecular complexity index is 450. The van der Waals surface area contributed by atoms with Crippen LogP contribution < -0.4 is 11.1 Å². The molecule has 0 aromatic heterocycles. The Kier molecular flexibility index (Phi) is 5.76. The zero-order chi connectivity index (χ0) is 15.2. The maximum absolute atomic E-state index is 12.1. The molecule has 1 amide bonds. The van der Waals surface area contributed by atoms with Crippen LogP contribution >= 0.6 is 0 Å². The van der Waals surface area contributed by atoms with Crippen LogP contribution in [0, 0.1) is 5.92 Å². The van der Waals surface area contributed by atoms with Gasteiger partial charge in [0.15, 0.2) is 0 Å². The molecule has 0 aliphatic carbocycles. The predicted octanol–water partition coefficient (Wildman–Crippen LogP) is 2.18. The van der Waals surface area contributed by atoms with Crippen LogP contribution in [0.2, 0.25) is 0 Å². The minimum absolute atomic E-state index is 0.0603. The van der Waals surface area contributed by atoms with Gasteiger partial charge in [0, 0.05) is 19.8 Å². The lowest BCUT2D eigenvalue weighted by molar-refractivity contribution is -0.124. The summed E-state index contributed by atoms with van der Waals surface area (Å²) in [6.07, 6.45) is 1.75. The smallest absolute Gasteiger partial charge is 0.237 e. The summed E-state index contributed by atoms with van der Waals surface area (Å²) < 4.78 is 5.30. The molecule has 4 heteroatoms. The summed E-state index contributed by atoms with van der Waals surface area (Å²) in [5, 5.41) is 2.94. The molecule has 4 nitrogen and oxygen atoms in total. The Morgan fingerprint density at radius 1 is 1.29 bits per heavy atom. The highest BCUT2D eigenvalue weighted by molar-refractivity contribution is 5.81. The van der Waals surface area contributed by atoms with Crippen molar-refractivity contribution in [3.63, 3.8) is 0 Å². The molecule has 1 unspecified atom stereocenters. The van der Waals surface area contributed by atoms with Gasteiger partial charge in [-0.25, -0.2) is 0 Å². The van der Waals surface area contributed by atoms with E-state index in [9.17, 15) is 4.79 Å². The molecule has 1 aromatic carbocycles.